The number of hydrogen-bond acceptors (Lipinski definition) is 1. The van der Waals surface area contributed by atoms with E-state index in [0.29, 0.717) is 17.3 Å². The molecule has 1 aliphatic rings. The predicted octanol–water partition coefficient (Wildman–Crippen LogP) is 9.55. The fourth-order valence-corrected chi connectivity index (χ4v) is 6.23. The van der Waals surface area contributed by atoms with Crippen LogP contribution >= 0.6 is 0 Å². The SMILES string of the molecule is C#CC(=O)N1[C@@H](CCCC)Cc2c([nH]c3c(F)cc(F)cc23)[C@@H]1CCCCCCCCCCCCCCC. The van der Waals surface area contributed by atoms with Crippen molar-refractivity contribution in [2.24, 2.45) is 0 Å². The van der Waals surface area contributed by atoms with E-state index in [2.05, 4.69) is 24.8 Å². The number of aromatic amines is 1. The van der Waals surface area contributed by atoms with Gasteiger partial charge in [0.1, 0.15) is 11.6 Å². The summed E-state index contributed by atoms with van der Waals surface area (Å²) in [6.07, 6.45) is 26.4. The van der Waals surface area contributed by atoms with Crippen LogP contribution in [0.5, 0.6) is 0 Å². The number of rotatable bonds is 17. The summed E-state index contributed by atoms with van der Waals surface area (Å²) in [6, 6.07) is 2.06. The molecule has 1 N–H and O–H groups in total. The molecule has 1 aromatic heterocycles. The van der Waals surface area contributed by atoms with Gasteiger partial charge in [-0.05, 0) is 36.8 Å². The van der Waals surface area contributed by atoms with E-state index >= 15 is 0 Å². The summed E-state index contributed by atoms with van der Waals surface area (Å²) in [5.74, 6) is 0.879. The number of halogens is 2. The summed E-state index contributed by atoms with van der Waals surface area (Å²) in [5.41, 5.74) is 2.11. The number of benzene rings is 1. The van der Waals surface area contributed by atoms with Gasteiger partial charge < -0.3 is 9.88 Å². The number of fused-ring (bicyclic) bond motifs is 3. The van der Waals surface area contributed by atoms with Crippen LogP contribution in [0.4, 0.5) is 8.78 Å². The highest BCUT2D eigenvalue weighted by molar-refractivity contribution is 5.94. The maximum atomic E-state index is 14.7. The maximum Gasteiger partial charge on any atom is 0.299 e. The molecule has 1 aromatic carbocycles. The van der Waals surface area contributed by atoms with Gasteiger partial charge in [-0.1, -0.05) is 110 Å². The smallest absolute Gasteiger partial charge is 0.299 e. The number of nitrogens with one attached hydrogen (secondary N) is 1. The van der Waals surface area contributed by atoms with Crippen LogP contribution in [0.15, 0.2) is 12.1 Å². The summed E-state index contributed by atoms with van der Waals surface area (Å²) in [4.78, 5) is 18.1. The Morgan fingerprint density at radius 1 is 0.895 bits per heavy atom. The van der Waals surface area contributed by atoms with Gasteiger partial charge in [0.15, 0.2) is 0 Å². The van der Waals surface area contributed by atoms with E-state index in [4.69, 9.17) is 6.42 Å². The Kier molecular flexibility index (Phi) is 12.6. The van der Waals surface area contributed by atoms with Gasteiger partial charge in [-0.2, -0.15) is 0 Å². The highest BCUT2D eigenvalue weighted by Crippen LogP contribution is 2.41. The topological polar surface area (TPSA) is 36.1 Å². The van der Waals surface area contributed by atoms with Crippen molar-refractivity contribution >= 4 is 16.8 Å². The average molecular weight is 527 g/mol. The molecule has 2 atom stereocenters. The van der Waals surface area contributed by atoms with Gasteiger partial charge in [-0.3, -0.25) is 4.79 Å². The van der Waals surface area contributed by atoms with Crippen LogP contribution in [-0.4, -0.2) is 21.8 Å². The van der Waals surface area contributed by atoms with Gasteiger partial charge in [0.25, 0.3) is 5.91 Å². The van der Waals surface area contributed by atoms with E-state index < -0.39 is 11.6 Å². The lowest BCUT2D eigenvalue weighted by atomic mass is 9.86. The predicted molar refractivity (Wildman–Crippen MR) is 154 cm³/mol. The molecule has 2 heterocycles. The molecule has 0 unspecified atom stereocenters. The molecule has 0 aliphatic carbocycles. The summed E-state index contributed by atoms with van der Waals surface area (Å²) in [5, 5.41) is 0.599. The molecule has 5 heteroatoms. The van der Waals surface area contributed by atoms with Crippen molar-refractivity contribution in [1.29, 1.82) is 0 Å². The molecule has 3 rings (SSSR count). The van der Waals surface area contributed by atoms with Crippen LogP contribution in [0, 0.1) is 24.0 Å². The fourth-order valence-electron chi connectivity index (χ4n) is 6.23. The zero-order chi connectivity index (χ0) is 27.3. The Balaban J connectivity index is 1.60. The molecule has 2 aromatic rings. The minimum absolute atomic E-state index is 0.0525. The van der Waals surface area contributed by atoms with Crippen LogP contribution in [0.3, 0.4) is 0 Å². The molecule has 1 amide bonds. The zero-order valence-electron chi connectivity index (χ0n) is 23.7. The summed E-state index contributed by atoms with van der Waals surface area (Å²) in [6.45, 7) is 4.39. The summed E-state index contributed by atoms with van der Waals surface area (Å²) >= 11 is 0. The first-order chi connectivity index (χ1) is 18.5. The van der Waals surface area contributed by atoms with Crippen molar-refractivity contribution in [3.8, 4) is 12.3 Å². The number of H-pyrrole nitrogens is 1. The zero-order valence-corrected chi connectivity index (χ0v) is 23.7. The first-order valence-electron chi connectivity index (χ1n) is 15.3. The molecule has 0 saturated carbocycles. The van der Waals surface area contributed by atoms with Crippen LogP contribution in [-0.2, 0) is 11.2 Å². The quantitative estimate of drug-likeness (QED) is 0.162. The van der Waals surface area contributed by atoms with Crippen molar-refractivity contribution in [3.63, 3.8) is 0 Å². The number of aromatic nitrogens is 1. The molecule has 0 bridgehead atoms. The van der Waals surface area contributed by atoms with Crippen molar-refractivity contribution < 1.29 is 13.6 Å². The number of amides is 1. The second-order valence-corrected chi connectivity index (χ2v) is 11.2. The molecular formula is C33H48F2N2O. The van der Waals surface area contributed by atoms with Crippen LogP contribution in [0.2, 0.25) is 0 Å². The van der Waals surface area contributed by atoms with E-state index in [1.807, 2.05) is 4.90 Å². The molecule has 0 radical (unpaired) electrons. The summed E-state index contributed by atoms with van der Waals surface area (Å²) in [7, 11) is 0. The van der Waals surface area contributed by atoms with Crippen LogP contribution in [0.25, 0.3) is 10.9 Å². The third kappa shape index (κ3) is 8.08. The largest absolute Gasteiger partial charge is 0.354 e. The second kappa shape index (κ2) is 15.9. The third-order valence-electron chi connectivity index (χ3n) is 8.30. The lowest BCUT2D eigenvalue weighted by Crippen LogP contribution is -2.47. The Hall–Kier alpha value is -2.35. The van der Waals surface area contributed by atoms with Gasteiger partial charge in [0, 0.05) is 23.2 Å². The van der Waals surface area contributed by atoms with Crippen molar-refractivity contribution in [1.82, 2.24) is 9.88 Å². The van der Waals surface area contributed by atoms with Crippen molar-refractivity contribution in [2.75, 3.05) is 0 Å². The van der Waals surface area contributed by atoms with Gasteiger partial charge in [0.05, 0.1) is 11.6 Å². The Morgan fingerprint density at radius 3 is 2.05 bits per heavy atom. The van der Waals surface area contributed by atoms with Crippen LogP contribution < -0.4 is 0 Å². The number of terminal acetylenes is 1. The second-order valence-electron chi connectivity index (χ2n) is 11.2. The Morgan fingerprint density at radius 2 is 1.47 bits per heavy atom. The Labute approximate surface area is 229 Å². The lowest BCUT2D eigenvalue weighted by Gasteiger charge is -2.41. The number of unbranched alkanes of at least 4 members (excludes halogenated alkanes) is 13. The monoisotopic (exact) mass is 526 g/mol. The lowest BCUT2D eigenvalue weighted by molar-refractivity contribution is -0.131. The van der Waals surface area contributed by atoms with Gasteiger partial charge in [-0.15, -0.1) is 6.42 Å². The van der Waals surface area contributed by atoms with E-state index in [-0.39, 0.29) is 18.0 Å². The minimum atomic E-state index is -0.589. The molecule has 38 heavy (non-hydrogen) atoms. The Bertz CT molecular complexity index is 1050. The molecule has 210 valence electrons. The van der Waals surface area contributed by atoms with Crippen molar-refractivity contribution in [2.45, 2.75) is 142 Å². The van der Waals surface area contributed by atoms with E-state index in [9.17, 15) is 13.6 Å². The average Bonchev–Trinajstić information content (AvgIpc) is 3.28. The standard InChI is InChI=1S/C33H48F2N2O/c1-4-7-9-10-11-12-13-14-15-16-17-18-19-21-30-33-28(27-22-25(34)23-29(35)32(27)36-33)24-26(20-8-5-2)37(30)31(38)6-3/h3,22-23,26,30,36H,4-5,7-21,24H2,1-2H3/t26-,30-/m0/s1. The number of hydrogen-bond donors (Lipinski definition) is 1. The highest BCUT2D eigenvalue weighted by atomic mass is 19.1. The summed E-state index contributed by atoms with van der Waals surface area (Å²) < 4.78 is 28.8. The first kappa shape index (κ1) is 30.2. The minimum Gasteiger partial charge on any atom is -0.354 e. The molecule has 0 spiro atoms. The van der Waals surface area contributed by atoms with E-state index in [1.54, 1.807) is 0 Å². The number of carbonyl (C=O) groups is 1. The number of nitrogens with zero attached hydrogens (tertiary/aromatic N) is 1. The third-order valence-corrected chi connectivity index (χ3v) is 8.30. The van der Waals surface area contributed by atoms with Gasteiger partial charge in [-0.25, -0.2) is 8.78 Å². The van der Waals surface area contributed by atoms with Crippen molar-refractivity contribution in [3.05, 3.63) is 35.0 Å². The molecule has 1 aliphatic heterocycles. The van der Waals surface area contributed by atoms with Crippen LogP contribution in [0.1, 0.15) is 140 Å². The molecular weight excluding hydrogens is 478 g/mol. The van der Waals surface area contributed by atoms with Gasteiger partial charge >= 0.3 is 0 Å². The molecule has 3 nitrogen and oxygen atoms in total. The fraction of sp³-hybridized carbons (Fsp3) is 0.667. The first-order valence-corrected chi connectivity index (χ1v) is 15.3. The van der Waals surface area contributed by atoms with E-state index in [1.165, 1.54) is 76.7 Å². The normalized spacial score (nSPS) is 17.1. The molecule has 0 saturated heterocycles. The maximum absolute atomic E-state index is 14.7. The highest BCUT2D eigenvalue weighted by Gasteiger charge is 2.38. The molecule has 0 fully saturated rings. The number of carbonyl (C=O) groups excluding carboxylic acids is 1. The van der Waals surface area contributed by atoms with Gasteiger partial charge in [0.2, 0.25) is 0 Å². The van der Waals surface area contributed by atoms with E-state index in [0.717, 1.165) is 55.8 Å².